The SMILES string of the molecule is CCCCCCCCCC1=NCC=C1. The lowest BCUT2D eigenvalue weighted by atomic mass is 10.1. The Morgan fingerprint density at radius 1 is 1.07 bits per heavy atom. The minimum atomic E-state index is 0.922. The fourth-order valence-corrected chi connectivity index (χ4v) is 1.84. The van der Waals surface area contributed by atoms with Crippen LogP contribution in [0.25, 0.3) is 0 Å². The van der Waals surface area contributed by atoms with E-state index in [1.54, 1.807) is 0 Å². The maximum absolute atomic E-state index is 4.39. The molecule has 14 heavy (non-hydrogen) atoms. The van der Waals surface area contributed by atoms with Crippen molar-refractivity contribution in [2.75, 3.05) is 6.54 Å². The van der Waals surface area contributed by atoms with E-state index < -0.39 is 0 Å². The third-order valence-electron chi connectivity index (χ3n) is 2.75. The quantitative estimate of drug-likeness (QED) is 0.514. The van der Waals surface area contributed by atoms with E-state index in [4.69, 9.17) is 0 Å². The van der Waals surface area contributed by atoms with E-state index in [0.29, 0.717) is 0 Å². The van der Waals surface area contributed by atoms with Crippen molar-refractivity contribution in [2.24, 2.45) is 4.99 Å². The maximum Gasteiger partial charge on any atom is 0.0577 e. The van der Waals surface area contributed by atoms with Gasteiger partial charge < -0.3 is 0 Å². The molecule has 0 bridgehead atoms. The smallest absolute Gasteiger partial charge is 0.0577 e. The second-order valence-electron chi connectivity index (χ2n) is 4.11. The van der Waals surface area contributed by atoms with Gasteiger partial charge in [-0.25, -0.2) is 0 Å². The van der Waals surface area contributed by atoms with Gasteiger partial charge in [0.05, 0.1) is 6.54 Å². The molecule has 0 spiro atoms. The third kappa shape index (κ3) is 5.21. The Labute approximate surface area is 88.3 Å². The standard InChI is InChI=1S/C13H23N/c1-2-3-4-5-6-7-8-10-13-11-9-12-14-13/h9,11H,2-8,10,12H2,1H3. The van der Waals surface area contributed by atoms with Gasteiger partial charge in [-0.3, -0.25) is 4.99 Å². The van der Waals surface area contributed by atoms with Crippen molar-refractivity contribution in [3.63, 3.8) is 0 Å². The molecule has 0 radical (unpaired) electrons. The number of unbranched alkanes of at least 4 members (excludes halogenated alkanes) is 6. The zero-order chi connectivity index (χ0) is 10.1. The van der Waals surface area contributed by atoms with Crippen LogP contribution in [0, 0.1) is 0 Å². The Bertz CT molecular complexity index is 191. The summed E-state index contributed by atoms with van der Waals surface area (Å²) < 4.78 is 0. The first-order valence-corrected chi connectivity index (χ1v) is 6.13. The van der Waals surface area contributed by atoms with Crippen LogP contribution in [0.3, 0.4) is 0 Å². The minimum absolute atomic E-state index is 0.922. The van der Waals surface area contributed by atoms with Gasteiger partial charge in [-0.1, -0.05) is 51.5 Å². The molecule has 0 aromatic carbocycles. The Morgan fingerprint density at radius 2 is 1.79 bits per heavy atom. The van der Waals surface area contributed by atoms with Gasteiger partial charge in [0.15, 0.2) is 0 Å². The van der Waals surface area contributed by atoms with Crippen molar-refractivity contribution in [3.05, 3.63) is 12.2 Å². The molecule has 80 valence electrons. The molecule has 0 aromatic rings. The van der Waals surface area contributed by atoms with Crippen LogP contribution >= 0.6 is 0 Å². The molecule has 0 aliphatic carbocycles. The summed E-state index contributed by atoms with van der Waals surface area (Å²) in [5.74, 6) is 0. The van der Waals surface area contributed by atoms with Crippen molar-refractivity contribution in [3.8, 4) is 0 Å². The molecular formula is C13H23N. The van der Waals surface area contributed by atoms with Gasteiger partial charge in [0.2, 0.25) is 0 Å². The normalized spacial score (nSPS) is 14.8. The number of aliphatic imine (C=N–C) groups is 1. The first-order chi connectivity index (χ1) is 6.93. The number of rotatable bonds is 8. The number of nitrogens with zero attached hydrogens (tertiary/aromatic N) is 1. The molecule has 0 fully saturated rings. The highest BCUT2D eigenvalue weighted by Crippen LogP contribution is 2.10. The molecule has 1 aliphatic rings. The molecule has 0 saturated heterocycles. The average molecular weight is 193 g/mol. The molecule has 0 saturated carbocycles. The zero-order valence-corrected chi connectivity index (χ0v) is 9.47. The molecule has 1 heteroatoms. The molecule has 0 amide bonds. The largest absolute Gasteiger partial charge is 0.286 e. The van der Waals surface area contributed by atoms with E-state index in [9.17, 15) is 0 Å². The average Bonchev–Trinajstić information content (AvgIpc) is 2.69. The molecule has 1 heterocycles. The lowest BCUT2D eigenvalue weighted by Gasteiger charge is -2.00. The van der Waals surface area contributed by atoms with E-state index in [1.165, 1.54) is 57.1 Å². The van der Waals surface area contributed by atoms with Gasteiger partial charge in [0.25, 0.3) is 0 Å². The second kappa shape index (κ2) is 7.78. The molecule has 0 N–H and O–H groups in total. The Morgan fingerprint density at radius 3 is 2.43 bits per heavy atom. The van der Waals surface area contributed by atoms with Gasteiger partial charge in [-0.15, -0.1) is 0 Å². The van der Waals surface area contributed by atoms with Crippen molar-refractivity contribution in [1.29, 1.82) is 0 Å². The van der Waals surface area contributed by atoms with Crippen LogP contribution in [0.4, 0.5) is 0 Å². The van der Waals surface area contributed by atoms with Gasteiger partial charge in [0, 0.05) is 5.71 Å². The third-order valence-corrected chi connectivity index (χ3v) is 2.75. The lowest BCUT2D eigenvalue weighted by Crippen LogP contribution is -1.90. The van der Waals surface area contributed by atoms with Gasteiger partial charge >= 0.3 is 0 Å². The first kappa shape index (κ1) is 11.5. The number of allylic oxidation sites excluding steroid dienone is 1. The van der Waals surface area contributed by atoms with Crippen LogP contribution < -0.4 is 0 Å². The molecule has 1 rings (SSSR count). The summed E-state index contributed by atoms with van der Waals surface area (Å²) in [6.07, 6.45) is 15.3. The van der Waals surface area contributed by atoms with E-state index in [-0.39, 0.29) is 0 Å². The Balaban J connectivity index is 1.82. The maximum atomic E-state index is 4.39. The molecule has 0 unspecified atom stereocenters. The summed E-state index contributed by atoms with van der Waals surface area (Å²) in [5, 5.41) is 0. The Kier molecular flexibility index (Phi) is 6.38. The predicted molar refractivity (Wildman–Crippen MR) is 64.1 cm³/mol. The van der Waals surface area contributed by atoms with Crippen LogP contribution in [-0.4, -0.2) is 12.3 Å². The van der Waals surface area contributed by atoms with Crippen molar-refractivity contribution < 1.29 is 0 Å². The fraction of sp³-hybridized carbons (Fsp3) is 0.769. The van der Waals surface area contributed by atoms with Crippen LogP contribution in [0.1, 0.15) is 58.3 Å². The summed E-state index contributed by atoms with van der Waals surface area (Å²) in [5.41, 5.74) is 1.32. The van der Waals surface area contributed by atoms with Crippen LogP contribution in [0.2, 0.25) is 0 Å². The first-order valence-electron chi connectivity index (χ1n) is 6.13. The van der Waals surface area contributed by atoms with Crippen molar-refractivity contribution in [2.45, 2.75) is 58.3 Å². The summed E-state index contributed by atoms with van der Waals surface area (Å²) >= 11 is 0. The number of hydrogen-bond donors (Lipinski definition) is 0. The van der Waals surface area contributed by atoms with Crippen molar-refractivity contribution >= 4 is 5.71 Å². The van der Waals surface area contributed by atoms with Crippen LogP contribution in [0.5, 0.6) is 0 Å². The van der Waals surface area contributed by atoms with E-state index in [2.05, 4.69) is 24.1 Å². The monoisotopic (exact) mass is 193 g/mol. The van der Waals surface area contributed by atoms with E-state index >= 15 is 0 Å². The second-order valence-corrected chi connectivity index (χ2v) is 4.11. The number of hydrogen-bond acceptors (Lipinski definition) is 1. The highest BCUT2D eigenvalue weighted by molar-refractivity contribution is 5.96. The Hall–Kier alpha value is -0.590. The molecule has 1 aliphatic heterocycles. The lowest BCUT2D eigenvalue weighted by molar-refractivity contribution is 0.595. The van der Waals surface area contributed by atoms with Gasteiger partial charge in [-0.05, 0) is 18.9 Å². The summed E-state index contributed by atoms with van der Waals surface area (Å²) in [6.45, 7) is 3.19. The minimum Gasteiger partial charge on any atom is -0.286 e. The highest BCUT2D eigenvalue weighted by Gasteiger charge is 1.98. The zero-order valence-electron chi connectivity index (χ0n) is 9.47. The van der Waals surface area contributed by atoms with Crippen molar-refractivity contribution in [1.82, 2.24) is 0 Å². The fourth-order valence-electron chi connectivity index (χ4n) is 1.84. The van der Waals surface area contributed by atoms with Crippen LogP contribution in [0.15, 0.2) is 17.1 Å². The van der Waals surface area contributed by atoms with Gasteiger partial charge in [0.1, 0.15) is 0 Å². The van der Waals surface area contributed by atoms with Gasteiger partial charge in [-0.2, -0.15) is 0 Å². The molecule has 1 nitrogen and oxygen atoms in total. The summed E-state index contributed by atoms with van der Waals surface area (Å²) in [7, 11) is 0. The van der Waals surface area contributed by atoms with E-state index in [0.717, 1.165) is 6.54 Å². The van der Waals surface area contributed by atoms with E-state index in [1.807, 2.05) is 0 Å². The highest BCUT2D eigenvalue weighted by atomic mass is 14.7. The summed E-state index contributed by atoms with van der Waals surface area (Å²) in [4.78, 5) is 4.39. The van der Waals surface area contributed by atoms with Crippen LogP contribution in [-0.2, 0) is 0 Å². The summed E-state index contributed by atoms with van der Waals surface area (Å²) in [6, 6.07) is 0. The molecule has 0 aromatic heterocycles. The topological polar surface area (TPSA) is 12.4 Å². The molecular weight excluding hydrogens is 170 g/mol. The predicted octanol–water partition coefficient (Wildman–Crippen LogP) is 4.14. The molecule has 0 atom stereocenters.